The van der Waals surface area contributed by atoms with E-state index >= 15 is 0 Å². The normalized spacial score (nSPS) is 10.8. The third kappa shape index (κ3) is 8.44. The van der Waals surface area contributed by atoms with Crippen LogP contribution in [0.1, 0.15) is 71.6 Å². The highest BCUT2D eigenvalue weighted by atomic mass is 35.5. The highest BCUT2D eigenvalue weighted by Gasteiger charge is 2.11. The van der Waals surface area contributed by atoms with Crippen LogP contribution in [0.2, 0.25) is 5.02 Å². The number of halogens is 1. The van der Waals surface area contributed by atoms with Crippen LogP contribution in [0.15, 0.2) is 42.5 Å². The van der Waals surface area contributed by atoms with Gasteiger partial charge >= 0.3 is 0 Å². The third-order valence-corrected chi connectivity index (χ3v) is 7.05. The van der Waals surface area contributed by atoms with Gasteiger partial charge in [-0.15, -0.1) is 10.2 Å². The number of aromatic nitrogens is 2. The first-order valence-corrected chi connectivity index (χ1v) is 13.4. The van der Waals surface area contributed by atoms with E-state index in [1.807, 2.05) is 0 Å². The van der Waals surface area contributed by atoms with E-state index in [2.05, 4.69) is 52.9 Å². The van der Waals surface area contributed by atoms with Crippen molar-refractivity contribution in [2.75, 3.05) is 11.9 Å². The van der Waals surface area contributed by atoms with Crippen molar-refractivity contribution in [1.82, 2.24) is 15.5 Å². The van der Waals surface area contributed by atoms with Crippen LogP contribution in [0, 0.1) is 0 Å². The quantitative estimate of drug-likeness (QED) is 0.274. The average molecular weight is 513 g/mol. The molecule has 186 valence electrons. The Morgan fingerprint density at radius 1 is 0.914 bits per heavy atom. The smallest absolute Gasteiger partial charge is 0.257 e. The molecule has 3 rings (SSSR count). The van der Waals surface area contributed by atoms with E-state index in [1.165, 1.54) is 28.0 Å². The zero-order valence-electron chi connectivity index (χ0n) is 20.4. The number of nitrogens with one attached hydrogen (secondary N) is 2. The summed E-state index contributed by atoms with van der Waals surface area (Å²) >= 11 is 7.23. The molecule has 1 heterocycles. The third-order valence-electron chi connectivity index (χ3n) is 5.90. The van der Waals surface area contributed by atoms with E-state index in [9.17, 15) is 9.59 Å². The van der Waals surface area contributed by atoms with Gasteiger partial charge in [-0.2, -0.15) is 0 Å². The monoisotopic (exact) mass is 512 g/mol. The Balaban J connectivity index is 1.31. The second-order valence-electron chi connectivity index (χ2n) is 8.38. The molecule has 0 radical (unpaired) electrons. The fourth-order valence-corrected chi connectivity index (χ4v) is 4.89. The largest absolute Gasteiger partial charge is 0.356 e. The van der Waals surface area contributed by atoms with Gasteiger partial charge in [0.25, 0.3) is 5.91 Å². The van der Waals surface area contributed by atoms with Gasteiger partial charge in [0.05, 0.1) is 0 Å². The number of hydrogen-bond donors (Lipinski definition) is 2. The molecule has 1 aromatic heterocycles. The molecule has 3 aromatic rings. The number of nitrogens with zero attached hydrogens (tertiary/aromatic N) is 2. The summed E-state index contributed by atoms with van der Waals surface area (Å²) in [6.45, 7) is 5.03. The Kier molecular flexibility index (Phi) is 10.7. The predicted octanol–water partition coefficient (Wildman–Crippen LogP) is 6.03. The Morgan fingerprint density at radius 2 is 1.63 bits per heavy atom. The summed E-state index contributed by atoms with van der Waals surface area (Å²) in [4.78, 5) is 24.5. The molecule has 35 heavy (non-hydrogen) atoms. The van der Waals surface area contributed by atoms with E-state index in [0.29, 0.717) is 28.7 Å². The lowest BCUT2D eigenvalue weighted by Crippen LogP contribution is -2.24. The molecule has 0 unspecified atom stereocenters. The Morgan fingerprint density at radius 3 is 2.31 bits per heavy atom. The number of benzene rings is 2. The average Bonchev–Trinajstić information content (AvgIpc) is 3.31. The Bertz CT molecular complexity index is 1090. The molecule has 0 saturated carbocycles. The van der Waals surface area contributed by atoms with Gasteiger partial charge in [-0.05, 0) is 79.5 Å². The summed E-state index contributed by atoms with van der Waals surface area (Å²) in [7, 11) is 0. The van der Waals surface area contributed by atoms with Gasteiger partial charge in [0, 0.05) is 30.0 Å². The molecule has 8 heteroatoms. The van der Waals surface area contributed by atoms with Gasteiger partial charge in [0.2, 0.25) is 11.0 Å². The number of anilines is 1. The maximum atomic E-state index is 12.3. The van der Waals surface area contributed by atoms with Crippen LogP contribution >= 0.6 is 22.9 Å². The molecule has 0 aliphatic heterocycles. The first-order chi connectivity index (χ1) is 17.0. The van der Waals surface area contributed by atoms with Crippen LogP contribution < -0.4 is 10.6 Å². The number of amides is 2. The lowest BCUT2D eigenvalue weighted by Gasteiger charge is -2.13. The van der Waals surface area contributed by atoms with Crippen molar-refractivity contribution in [2.45, 2.75) is 65.2 Å². The van der Waals surface area contributed by atoms with Crippen molar-refractivity contribution in [3.63, 3.8) is 0 Å². The van der Waals surface area contributed by atoms with Gasteiger partial charge in [-0.3, -0.25) is 14.9 Å². The molecular formula is C27H33ClN4O2S. The molecule has 0 aliphatic rings. The number of unbranched alkanes of at least 4 members (excludes halogenated alkanes) is 1. The van der Waals surface area contributed by atoms with Crippen molar-refractivity contribution in [2.24, 2.45) is 0 Å². The second kappa shape index (κ2) is 14.0. The SMILES string of the molecule is CCc1cccc(CC)c1CCCC(=O)NCCCCc1nnc(NC(=O)c2ccc(Cl)cc2)s1. The number of carbonyl (C=O) groups excluding carboxylic acids is 2. The summed E-state index contributed by atoms with van der Waals surface area (Å²) in [6, 6.07) is 13.2. The van der Waals surface area contributed by atoms with Crippen molar-refractivity contribution < 1.29 is 9.59 Å². The zero-order chi connectivity index (χ0) is 25.0. The van der Waals surface area contributed by atoms with Crippen molar-refractivity contribution >= 4 is 39.9 Å². The predicted molar refractivity (Wildman–Crippen MR) is 143 cm³/mol. The molecule has 2 N–H and O–H groups in total. The highest BCUT2D eigenvalue weighted by molar-refractivity contribution is 7.15. The van der Waals surface area contributed by atoms with Gasteiger partial charge in [-0.1, -0.05) is 55.0 Å². The molecule has 0 fully saturated rings. The maximum Gasteiger partial charge on any atom is 0.257 e. The second-order valence-corrected chi connectivity index (χ2v) is 9.88. The van der Waals surface area contributed by atoms with E-state index in [1.54, 1.807) is 24.3 Å². The zero-order valence-corrected chi connectivity index (χ0v) is 22.0. The summed E-state index contributed by atoms with van der Waals surface area (Å²) in [5.41, 5.74) is 4.73. The number of carbonyl (C=O) groups is 2. The van der Waals surface area contributed by atoms with Gasteiger partial charge in [0.1, 0.15) is 5.01 Å². The van der Waals surface area contributed by atoms with Crippen molar-refractivity contribution in [3.05, 3.63) is 74.7 Å². The molecule has 0 aliphatic carbocycles. The molecule has 2 aromatic carbocycles. The lowest BCUT2D eigenvalue weighted by atomic mass is 9.93. The Hall–Kier alpha value is -2.77. The molecule has 6 nitrogen and oxygen atoms in total. The van der Waals surface area contributed by atoms with Crippen LogP contribution in [0.4, 0.5) is 5.13 Å². The number of rotatable bonds is 13. The topological polar surface area (TPSA) is 84.0 Å². The van der Waals surface area contributed by atoms with Crippen LogP contribution in [0.25, 0.3) is 0 Å². The summed E-state index contributed by atoms with van der Waals surface area (Å²) in [5.74, 6) is -0.128. The maximum absolute atomic E-state index is 12.3. The minimum Gasteiger partial charge on any atom is -0.356 e. The minimum atomic E-state index is -0.240. The summed E-state index contributed by atoms with van der Waals surface area (Å²) in [6.07, 6.45) is 6.95. The van der Waals surface area contributed by atoms with Gasteiger partial charge < -0.3 is 5.32 Å². The molecule has 2 amide bonds. The highest BCUT2D eigenvalue weighted by Crippen LogP contribution is 2.20. The molecular weight excluding hydrogens is 480 g/mol. The fraction of sp³-hybridized carbons (Fsp3) is 0.407. The lowest BCUT2D eigenvalue weighted by molar-refractivity contribution is -0.121. The van der Waals surface area contributed by atoms with Crippen LogP contribution in [0.3, 0.4) is 0 Å². The standard InChI is InChI=1S/C27H33ClN4O2S/c1-3-19-9-7-10-20(4-2)23(19)11-8-12-24(33)29-18-6-5-13-25-31-32-27(35-25)30-26(34)21-14-16-22(28)17-15-21/h7,9-10,14-17H,3-6,8,11-13,18H2,1-2H3,(H,29,33)(H,30,32,34). The minimum absolute atomic E-state index is 0.111. The Labute approximate surface area is 216 Å². The fourth-order valence-electron chi connectivity index (χ4n) is 3.99. The van der Waals surface area contributed by atoms with Gasteiger partial charge in [0.15, 0.2) is 0 Å². The van der Waals surface area contributed by atoms with Crippen molar-refractivity contribution in [3.8, 4) is 0 Å². The van der Waals surface area contributed by atoms with Crippen LogP contribution in [-0.4, -0.2) is 28.6 Å². The number of hydrogen-bond acceptors (Lipinski definition) is 5. The van der Waals surface area contributed by atoms with Crippen LogP contribution in [0.5, 0.6) is 0 Å². The summed E-state index contributed by atoms with van der Waals surface area (Å²) in [5, 5.41) is 15.9. The molecule has 0 bridgehead atoms. The molecule has 0 atom stereocenters. The van der Waals surface area contributed by atoms with Crippen molar-refractivity contribution in [1.29, 1.82) is 0 Å². The molecule has 0 spiro atoms. The first-order valence-electron chi connectivity index (χ1n) is 12.3. The van der Waals surface area contributed by atoms with E-state index < -0.39 is 0 Å². The van der Waals surface area contributed by atoms with E-state index in [0.717, 1.165) is 50.0 Å². The first kappa shape index (κ1) is 26.8. The molecule has 0 saturated heterocycles. The van der Waals surface area contributed by atoms with Crippen LogP contribution in [-0.2, 0) is 30.5 Å². The van der Waals surface area contributed by atoms with E-state index in [4.69, 9.17) is 11.6 Å². The summed E-state index contributed by atoms with van der Waals surface area (Å²) < 4.78 is 0. The number of aryl methyl sites for hydroxylation is 3. The van der Waals surface area contributed by atoms with E-state index in [-0.39, 0.29) is 11.8 Å². The van der Waals surface area contributed by atoms with Gasteiger partial charge in [-0.25, -0.2) is 0 Å².